The molecule has 0 spiro atoms. The molecule has 0 unspecified atom stereocenters. The van der Waals surface area contributed by atoms with Crippen LogP contribution in [-0.4, -0.2) is 24.3 Å². The van der Waals surface area contributed by atoms with Crippen molar-refractivity contribution < 1.29 is 37.0 Å². The first-order valence-electron chi connectivity index (χ1n) is 6.36. The third kappa shape index (κ3) is 3.93. The molecule has 0 bridgehead atoms. The van der Waals surface area contributed by atoms with Crippen molar-refractivity contribution in [2.75, 3.05) is 5.32 Å². The lowest BCUT2D eigenvalue weighted by Crippen LogP contribution is -2.42. The minimum atomic E-state index is -3.19. The predicted octanol–water partition coefficient (Wildman–Crippen LogP) is 2.56. The van der Waals surface area contributed by atoms with Gasteiger partial charge in [0.15, 0.2) is 17.1 Å². The first-order valence-corrected chi connectivity index (χ1v) is 6.36. The summed E-state index contributed by atoms with van der Waals surface area (Å²) in [5.74, 6) is -5.11. The maximum atomic E-state index is 13.9. The van der Waals surface area contributed by atoms with E-state index in [4.69, 9.17) is 9.47 Å². The molecule has 0 radical (unpaired) electrons. The van der Waals surface area contributed by atoms with Crippen molar-refractivity contribution in [2.24, 2.45) is 0 Å². The highest BCUT2D eigenvalue weighted by Gasteiger charge is 2.39. The SMILES string of the molecule is CC1(C)OC(=O)C(=CNc2cccc(OC(F)F)c2F)C(=O)O1. The Balaban J connectivity index is 2.20. The highest BCUT2D eigenvalue weighted by atomic mass is 19.3. The Morgan fingerprint density at radius 2 is 1.83 bits per heavy atom. The smallest absolute Gasteiger partial charge is 0.387 e. The average Bonchev–Trinajstić information content (AvgIpc) is 2.39. The molecule has 1 aromatic rings. The van der Waals surface area contributed by atoms with Crippen LogP contribution in [0.1, 0.15) is 13.8 Å². The van der Waals surface area contributed by atoms with Crippen molar-refractivity contribution in [1.82, 2.24) is 0 Å². The summed E-state index contributed by atoms with van der Waals surface area (Å²) in [5, 5.41) is 2.32. The van der Waals surface area contributed by atoms with Gasteiger partial charge >= 0.3 is 18.6 Å². The van der Waals surface area contributed by atoms with Gasteiger partial charge < -0.3 is 19.5 Å². The van der Waals surface area contributed by atoms with Crippen LogP contribution in [0.3, 0.4) is 0 Å². The lowest BCUT2D eigenvalue weighted by molar-refractivity contribution is -0.222. The molecule has 0 amide bonds. The van der Waals surface area contributed by atoms with Gasteiger partial charge in [0.25, 0.3) is 5.79 Å². The second kappa shape index (κ2) is 6.19. The number of carbonyl (C=O) groups excluding carboxylic acids is 2. The van der Waals surface area contributed by atoms with Crippen LogP contribution in [0, 0.1) is 5.82 Å². The number of esters is 2. The van der Waals surface area contributed by atoms with Gasteiger partial charge in [-0.1, -0.05) is 6.07 Å². The maximum absolute atomic E-state index is 13.9. The molecule has 1 aliphatic heterocycles. The standard InChI is InChI=1S/C14H12F3NO5/c1-14(2)22-11(19)7(12(20)23-14)6-18-8-4-3-5-9(10(8)15)21-13(16)17/h3-6,13,18H,1-2H3. The molecule has 124 valence electrons. The third-order valence-corrected chi connectivity index (χ3v) is 2.67. The van der Waals surface area contributed by atoms with Gasteiger partial charge in [0, 0.05) is 20.0 Å². The maximum Gasteiger partial charge on any atom is 0.387 e. The van der Waals surface area contributed by atoms with E-state index in [2.05, 4.69) is 10.1 Å². The molecule has 0 aliphatic carbocycles. The molecule has 0 aromatic heterocycles. The first-order chi connectivity index (χ1) is 10.7. The quantitative estimate of drug-likeness (QED) is 0.519. The van der Waals surface area contributed by atoms with Gasteiger partial charge in [0.1, 0.15) is 0 Å². The molecule has 1 saturated heterocycles. The number of carbonyl (C=O) groups is 2. The van der Waals surface area contributed by atoms with E-state index in [1.54, 1.807) is 0 Å². The molecular formula is C14H12F3NO5. The van der Waals surface area contributed by atoms with E-state index in [9.17, 15) is 22.8 Å². The molecule has 1 aromatic carbocycles. The van der Waals surface area contributed by atoms with Gasteiger partial charge in [0.05, 0.1) is 5.69 Å². The number of halogens is 3. The summed E-state index contributed by atoms with van der Waals surface area (Å²) in [6.45, 7) is -0.445. The Hall–Kier alpha value is -2.71. The minimum Gasteiger partial charge on any atom is -0.432 e. The second-order valence-electron chi connectivity index (χ2n) is 4.88. The Bertz CT molecular complexity index is 650. The molecule has 0 saturated carbocycles. The fraction of sp³-hybridized carbons (Fsp3) is 0.286. The third-order valence-electron chi connectivity index (χ3n) is 2.67. The summed E-state index contributed by atoms with van der Waals surface area (Å²) in [6.07, 6.45) is 0.866. The predicted molar refractivity (Wildman–Crippen MR) is 71.0 cm³/mol. The van der Waals surface area contributed by atoms with Gasteiger partial charge in [-0.3, -0.25) is 0 Å². The molecule has 2 rings (SSSR count). The molecule has 1 fully saturated rings. The van der Waals surface area contributed by atoms with Crippen LogP contribution in [-0.2, 0) is 19.1 Å². The van der Waals surface area contributed by atoms with Gasteiger partial charge in [0.2, 0.25) is 0 Å². The topological polar surface area (TPSA) is 73.9 Å². The fourth-order valence-corrected chi connectivity index (χ4v) is 1.74. The van der Waals surface area contributed by atoms with Crippen molar-refractivity contribution in [3.8, 4) is 5.75 Å². The zero-order valence-electron chi connectivity index (χ0n) is 12.1. The number of anilines is 1. The fourth-order valence-electron chi connectivity index (χ4n) is 1.74. The van der Waals surface area contributed by atoms with Gasteiger partial charge in [-0.15, -0.1) is 0 Å². The number of benzene rings is 1. The first kappa shape index (κ1) is 16.7. The molecule has 1 aliphatic rings. The van der Waals surface area contributed by atoms with Crippen molar-refractivity contribution in [3.63, 3.8) is 0 Å². The van der Waals surface area contributed by atoms with E-state index < -0.39 is 41.5 Å². The Kier molecular flexibility index (Phi) is 4.48. The lowest BCUT2D eigenvalue weighted by atomic mass is 10.2. The van der Waals surface area contributed by atoms with Crippen LogP contribution in [0.25, 0.3) is 0 Å². The second-order valence-corrected chi connectivity index (χ2v) is 4.88. The summed E-state index contributed by atoms with van der Waals surface area (Å²) in [4.78, 5) is 23.4. The number of hydrogen-bond acceptors (Lipinski definition) is 6. The molecule has 1 N–H and O–H groups in total. The molecule has 9 heteroatoms. The van der Waals surface area contributed by atoms with Crippen LogP contribution in [0.2, 0.25) is 0 Å². The Labute approximate surface area is 128 Å². The van der Waals surface area contributed by atoms with Crippen LogP contribution in [0.4, 0.5) is 18.9 Å². The molecule has 23 heavy (non-hydrogen) atoms. The van der Waals surface area contributed by atoms with Gasteiger partial charge in [-0.25, -0.2) is 14.0 Å². The summed E-state index contributed by atoms with van der Waals surface area (Å²) >= 11 is 0. The molecule has 0 atom stereocenters. The van der Waals surface area contributed by atoms with Gasteiger partial charge in [-0.2, -0.15) is 8.78 Å². The number of hydrogen-bond donors (Lipinski definition) is 1. The van der Waals surface area contributed by atoms with E-state index in [0.29, 0.717) is 0 Å². The number of nitrogens with one attached hydrogen (secondary N) is 1. The Morgan fingerprint density at radius 3 is 2.39 bits per heavy atom. The highest BCUT2D eigenvalue weighted by molar-refractivity contribution is 6.15. The number of rotatable bonds is 4. The number of cyclic esters (lactones) is 2. The van der Waals surface area contributed by atoms with Crippen LogP contribution < -0.4 is 10.1 Å². The molecule has 1 heterocycles. The van der Waals surface area contributed by atoms with E-state index in [0.717, 1.165) is 12.3 Å². The highest BCUT2D eigenvalue weighted by Crippen LogP contribution is 2.27. The van der Waals surface area contributed by atoms with Crippen molar-refractivity contribution in [2.45, 2.75) is 26.2 Å². The summed E-state index contributed by atoms with van der Waals surface area (Å²) in [5.41, 5.74) is -0.773. The minimum absolute atomic E-state index is 0.277. The lowest BCUT2D eigenvalue weighted by Gasteiger charge is -2.29. The van der Waals surface area contributed by atoms with E-state index in [1.165, 1.54) is 26.0 Å². The van der Waals surface area contributed by atoms with Gasteiger partial charge in [-0.05, 0) is 12.1 Å². The van der Waals surface area contributed by atoms with Crippen LogP contribution >= 0.6 is 0 Å². The largest absolute Gasteiger partial charge is 0.432 e. The summed E-state index contributed by atoms with van der Waals surface area (Å²) in [6, 6.07) is 3.46. The number of ether oxygens (including phenoxy) is 3. The van der Waals surface area contributed by atoms with E-state index >= 15 is 0 Å². The van der Waals surface area contributed by atoms with Crippen molar-refractivity contribution in [3.05, 3.63) is 35.8 Å². The van der Waals surface area contributed by atoms with E-state index in [1.807, 2.05) is 0 Å². The molecule has 6 nitrogen and oxygen atoms in total. The monoisotopic (exact) mass is 331 g/mol. The number of alkyl halides is 2. The van der Waals surface area contributed by atoms with Crippen LogP contribution in [0.15, 0.2) is 30.0 Å². The van der Waals surface area contributed by atoms with Crippen LogP contribution in [0.5, 0.6) is 5.75 Å². The van der Waals surface area contributed by atoms with Crippen molar-refractivity contribution >= 4 is 17.6 Å². The molecular weight excluding hydrogens is 319 g/mol. The normalized spacial score (nSPS) is 16.7. The van der Waals surface area contributed by atoms with Crippen molar-refractivity contribution in [1.29, 1.82) is 0 Å². The summed E-state index contributed by atoms with van der Waals surface area (Å²) in [7, 11) is 0. The van der Waals surface area contributed by atoms with E-state index in [-0.39, 0.29) is 5.69 Å². The zero-order valence-corrected chi connectivity index (χ0v) is 12.1. The zero-order chi connectivity index (χ0) is 17.2. The summed E-state index contributed by atoms with van der Waals surface area (Å²) < 4.78 is 51.9. The average molecular weight is 331 g/mol. The Morgan fingerprint density at radius 1 is 1.22 bits per heavy atom.